The number of nitrogens with zero attached hydrogens (tertiary/aromatic N) is 1. The molecule has 7 heteroatoms. The van der Waals surface area contributed by atoms with Crippen LogP contribution in [0.25, 0.3) is 0 Å². The van der Waals surface area contributed by atoms with Crippen LogP contribution in [0.3, 0.4) is 0 Å². The summed E-state index contributed by atoms with van der Waals surface area (Å²) in [7, 11) is 1.59. The Bertz CT molecular complexity index is 884. The highest BCUT2D eigenvalue weighted by molar-refractivity contribution is 6.36. The third-order valence-electron chi connectivity index (χ3n) is 5.26. The minimum Gasteiger partial charge on any atom is -0.497 e. The topological polar surface area (TPSA) is 58.6 Å². The van der Waals surface area contributed by atoms with Gasteiger partial charge in [0, 0.05) is 22.6 Å². The molecule has 0 bridgehead atoms. The van der Waals surface area contributed by atoms with Gasteiger partial charge in [-0.05, 0) is 55.2 Å². The predicted molar refractivity (Wildman–Crippen MR) is 126 cm³/mol. The first-order valence-corrected chi connectivity index (χ1v) is 11.2. The highest BCUT2D eigenvalue weighted by atomic mass is 35.5. The van der Waals surface area contributed by atoms with E-state index in [0.29, 0.717) is 27.8 Å². The average Bonchev–Trinajstić information content (AvgIpc) is 2.76. The maximum atomic E-state index is 13.4. The molecule has 2 rings (SSSR count). The molecule has 0 unspecified atom stereocenters. The van der Waals surface area contributed by atoms with Crippen molar-refractivity contribution in [2.45, 2.75) is 58.7 Å². The molecule has 1 N–H and O–H groups in total. The molecule has 2 atom stereocenters. The summed E-state index contributed by atoms with van der Waals surface area (Å²) in [6, 6.07) is 12.0. The monoisotopic (exact) mass is 464 g/mol. The second kappa shape index (κ2) is 12.0. The van der Waals surface area contributed by atoms with Gasteiger partial charge < -0.3 is 15.0 Å². The normalized spacial score (nSPS) is 12.7. The van der Waals surface area contributed by atoms with Crippen LogP contribution < -0.4 is 10.1 Å². The highest BCUT2D eigenvalue weighted by Crippen LogP contribution is 2.26. The van der Waals surface area contributed by atoms with Crippen molar-refractivity contribution in [3.8, 4) is 5.75 Å². The molecule has 2 amide bonds. The van der Waals surface area contributed by atoms with Crippen molar-refractivity contribution < 1.29 is 14.3 Å². The van der Waals surface area contributed by atoms with E-state index in [-0.39, 0.29) is 30.8 Å². The molecule has 0 saturated heterocycles. The maximum Gasteiger partial charge on any atom is 0.243 e. The molecule has 0 radical (unpaired) electrons. The number of ether oxygens (including phenoxy) is 1. The summed E-state index contributed by atoms with van der Waals surface area (Å²) >= 11 is 12.6. The molecule has 0 aliphatic carbocycles. The van der Waals surface area contributed by atoms with Crippen molar-refractivity contribution in [3.63, 3.8) is 0 Å². The number of nitrogens with one attached hydrogen (secondary N) is 1. The first-order valence-electron chi connectivity index (χ1n) is 10.5. The Morgan fingerprint density at radius 2 is 1.71 bits per heavy atom. The summed E-state index contributed by atoms with van der Waals surface area (Å²) in [6.45, 7) is 6.12. The molecular formula is C24H30Cl2N2O3. The number of hydrogen-bond acceptors (Lipinski definition) is 3. The first-order chi connectivity index (χ1) is 14.8. The molecule has 0 aromatic heterocycles. The second-order valence-corrected chi connectivity index (χ2v) is 8.31. The predicted octanol–water partition coefficient (Wildman–Crippen LogP) is 5.27. The Hall–Kier alpha value is -2.24. The van der Waals surface area contributed by atoms with E-state index >= 15 is 0 Å². The largest absolute Gasteiger partial charge is 0.497 e. The molecular weight excluding hydrogens is 435 g/mol. The van der Waals surface area contributed by atoms with Gasteiger partial charge in [-0.3, -0.25) is 9.59 Å². The van der Waals surface area contributed by atoms with Gasteiger partial charge in [0.1, 0.15) is 11.8 Å². The van der Waals surface area contributed by atoms with Gasteiger partial charge in [0.25, 0.3) is 0 Å². The van der Waals surface area contributed by atoms with Crippen LogP contribution in [0.4, 0.5) is 0 Å². The van der Waals surface area contributed by atoms with E-state index in [0.717, 1.165) is 12.0 Å². The van der Waals surface area contributed by atoms with E-state index in [9.17, 15) is 9.59 Å². The third kappa shape index (κ3) is 6.88. The molecule has 0 aliphatic rings. The number of amides is 2. The SMILES string of the molecule is CC[C@H](C)NC(=O)[C@H](CC)N(Cc1cccc(OC)c1)C(=O)Cc1c(Cl)cccc1Cl. The van der Waals surface area contributed by atoms with Gasteiger partial charge in [-0.25, -0.2) is 0 Å². The maximum absolute atomic E-state index is 13.4. The Labute approximate surface area is 194 Å². The van der Waals surface area contributed by atoms with Crippen molar-refractivity contribution >= 4 is 35.0 Å². The number of hydrogen-bond donors (Lipinski definition) is 1. The standard InChI is InChI=1S/C24H30Cl2N2O3/c1-5-16(3)27-24(30)22(6-2)28(15-17-9-7-10-18(13-17)31-4)23(29)14-19-20(25)11-8-12-21(19)26/h7-13,16,22H,5-6,14-15H2,1-4H3,(H,27,30)/t16-,22-/m0/s1. The summed E-state index contributed by atoms with van der Waals surface area (Å²) in [6.07, 6.45) is 1.30. The zero-order valence-electron chi connectivity index (χ0n) is 18.5. The molecule has 0 saturated carbocycles. The van der Waals surface area contributed by atoms with Crippen molar-refractivity contribution in [3.05, 3.63) is 63.6 Å². The molecule has 2 aromatic rings. The van der Waals surface area contributed by atoms with Crippen molar-refractivity contribution in [2.75, 3.05) is 7.11 Å². The second-order valence-electron chi connectivity index (χ2n) is 7.49. The van der Waals surface area contributed by atoms with Crippen molar-refractivity contribution in [1.82, 2.24) is 10.2 Å². The van der Waals surface area contributed by atoms with Gasteiger partial charge in [0.2, 0.25) is 11.8 Å². The van der Waals surface area contributed by atoms with Crippen LogP contribution in [-0.2, 0) is 22.6 Å². The van der Waals surface area contributed by atoms with Gasteiger partial charge in [-0.15, -0.1) is 0 Å². The van der Waals surface area contributed by atoms with Gasteiger partial charge in [-0.1, -0.05) is 55.2 Å². The molecule has 0 spiro atoms. The lowest BCUT2D eigenvalue weighted by Gasteiger charge is -2.32. The summed E-state index contributed by atoms with van der Waals surface area (Å²) in [4.78, 5) is 28.0. The van der Waals surface area contributed by atoms with Crippen molar-refractivity contribution in [1.29, 1.82) is 0 Å². The van der Waals surface area contributed by atoms with Crippen LogP contribution in [0.2, 0.25) is 10.0 Å². The Morgan fingerprint density at radius 1 is 1.06 bits per heavy atom. The number of halogens is 2. The lowest BCUT2D eigenvalue weighted by molar-refractivity contribution is -0.141. The highest BCUT2D eigenvalue weighted by Gasteiger charge is 2.30. The quantitative estimate of drug-likeness (QED) is 0.520. The van der Waals surface area contributed by atoms with Crippen molar-refractivity contribution in [2.24, 2.45) is 0 Å². The zero-order chi connectivity index (χ0) is 23.0. The average molecular weight is 465 g/mol. The first kappa shape index (κ1) is 25.0. The molecule has 31 heavy (non-hydrogen) atoms. The van der Waals surface area contributed by atoms with E-state index in [1.54, 1.807) is 30.2 Å². The smallest absolute Gasteiger partial charge is 0.243 e. The fraction of sp³-hybridized carbons (Fsp3) is 0.417. The lowest BCUT2D eigenvalue weighted by atomic mass is 10.1. The van der Waals surface area contributed by atoms with E-state index in [1.165, 1.54) is 0 Å². The Balaban J connectivity index is 2.37. The number of methoxy groups -OCH3 is 1. The number of carbonyl (C=O) groups excluding carboxylic acids is 2. The lowest BCUT2D eigenvalue weighted by Crippen LogP contribution is -2.51. The van der Waals surface area contributed by atoms with Gasteiger partial charge in [0.05, 0.1) is 13.5 Å². The molecule has 0 aliphatic heterocycles. The fourth-order valence-corrected chi connectivity index (χ4v) is 3.81. The zero-order valence-corrected chi connectivity index (χ0v) is 20.0. The minimum atomic E-state index is -0.617. The van der Waals surface area contributed by atoms with E-state index in [2.05, 4.69) is 5.32 Å². The Kier molecular flexibility index (Phi) is 9.66. The van der Waals surface area contributed by atoms with Gasteiger partial charge in [0.15, 0.2) is 0 Å². The van der Waals surface area contributed by atoms with E-state index in [4.69, 9.17) is 27.9 Å². The van der Waals surface area contributed by atoms with E-state index < -0.39 is 6.04 Å². The summed E-state index contributed by atoms with van der Waals surface area (Å²) in [5.41, 5.74) is 1.43. The summed E-state index contributed by atoms with van der Waals surface area (Å²) in [5, 5.41) is 3.86. The molecule has 2 aromatic carbocycles. The van der Waals surface area contributed by atoms with Crippen LogP contribution in [0.15, 0.2) is 42.5 Å². The van der Waals surface area contributed by atoms with Crippen LogP contribution in [0.1, 0.15) is 44.7 Å². The third-order valence-corrected chi connectivity index (χ3v) is 5.97. The summed E-state index contributed by atoms with van der Waals surface area (Å²) in [5.74, 6) is 0.304. The molecule has 5 nitrogen and oxygen atoms in total. The number of benzene rings is 2. The molecule has 0 fully saturated rings. The van der Waals surface area contributed by atoms with Crippen LogP contribution in [0.5, 0.6) is 5.75 Å². The molecule has 0 heterocycles. The fourth-order valence-electron chi connectivity index (χ4n) is 3.28. The van der Waals surface area contributed by atoms with Crippen LogP contribution >= 0.6 is 23.2 Å². The van der Waals surface area contributed by atoms with Crippen LogP contribution in [0, 0.1) is 0 Å². The number of carbonyl (C=O) groups is 2. The minimum absolute atomic E-state index is 0.00951. The number of rotatable bonds is 10. The summed E-state index contributed by atoms with van der Waals surface area (Å²) < 4.78 is 5.31. The van der Waals surface area contributed by atoms with Gasteiger partial charge >= 0.3 is 0 Å². The van der Waals surface area contributed by atoms with Gasteiger partial charge in [-0.2, -0.15) is 0 Å². The van der Waals surface area contributed by atoms with Crippen LogP contribution in [-0.4, -0.2) is 35.9 Å². The Morgan fingerprint density at radius 3 is 2.29 bits per heavy atom. The van der Waals surface area contributed by atoms with E-state index in [1.807, 2.05) is 45.0 Å². The molecule has 168 valence electrons.